The fourth-order valence-electron chi connectivity index (χ4n) is 8.13. The van der Waals surface area contributed by atoms with Crippen LogP contribution in [0.1, 0.15) is 38.8 Å². The van der Waals surface area contributed by atoms with Gasteiger partial charge in [-0.2, -0.15) is 0 Å². The summed E-state index contributed by atoms with van der Waals surface area (Å²) in [5, 5.41) is 20.9. The Balaban J connectivity index is 0.00000150. The summed E-state index contributed by atoms with van der Waals surface area (Å²) in [6.07, 6.45) is 2.05. The average molecular weight is 566 g/mol. The molecule has 0 spiro atoms. The van der Waals surface area contributed by atoms with Crippen molar-refractivity contribution in [3.8, 4) is 0 Å². The van der Waals surface area contributed by atoms with Crippen molar-refractivity contribution >= 4 is 86.2 Å². The second kappa shape index (κ2) is 9.21. The molecule has 0 saturated heterocycles. The zero-order valence-electron chi connectivity index (χ0n) is 24.1. The summed E-state index contributed by atoms with van der Waals surface area (Å²) in [6, 6.07) is 21.7. The van der Waals surface area contributed by atoms with Gasteiger partial charge in [0, 0.05) is 35.1 Å². The van der Waals surface area contributed by atoms with E-state index in [-0.39, 0.29) is 24.7 Å². The van der Waals surface area contributed by atoms with Gasteiger partial charge in [0.25, 0.3) is 11.1 Å². The van der Waals surface area contributed by atoms with E-state index in [0.717, 1.165) is 69.0 Å². The summed E-state index contributed by atoms with van der Waals surface area (Å²) in [7, 11) is 1.62. The minimum atomic E-state index is -0.205. The zero-order chi connectivity index (χ0) is 27.7. The second-order valence-corrected chi connectivity index (χ2v) is 11.7. The summed E-state index contributed by atoms with van der Waals surface area (Å²) < 4.78 is 1.31. The first-order valence-corrected chi connectivity index (χ1v) is 14.7. The van der Waals surface area contributed by atoms with Gasteiger partial charge in [0.2, 0.25) is 0 Å². The number of hydrogen-bond acceptors (Lipinski definition) is 4. The SMILES string of the molecule is C.CCCc1cc2c3ccccc3c3c4c(=O)n(C)c(=O)c4c4c5ccccc5c5cc(CNCC)c1c1c2c3c4c51.N. The molecular formula is C38H35N3O2. The Morgan fingerprint density at radius 2 is 1.02 bits per heavy atom. The molecule has 0 radical (unpaired) electrons. The highest BCUT2D eigenvalue weighted by atomic mass is 16.2. The van der Waals surface area contributed by atoms with E-state index in [2.05, 4.69) is 73.8 Å². The molecule has 9 aromatic rings. The molecule has 5 heteroatoms. The molecule has 0 aliphatic heterocycles. The van der Waals surface area contributed by atoms with Gasteiger partial charge in [-0.3, -0.25) is 14.2 Å². The Labute approximate surface area is 248 Å². The number of nitrogens with one attached hydrogen (secondary N) is 1. The van der Waals surface area contributed by atoms with Crippen molar-refractivity contribution in [2.45, 2.75) is 40.7 Å². The molecule has 0 unspecified atom stereocenters. The predicted octanol–water partition coefficient (Wildman–Crippen LogP) is 8.58. The van der Waals surface area contributed by atoms with Gasteiger partial charge in [-0.15, -0.1) is 0 Å². The lowest BCUT2D eigenvalue weighted by Crippen LogP contribution is -2.21. The number of aromatic nitrogens is 1. The van der Waals surface area contributed by atoms with Crippen molar-refractivity contribution in [3.63, 3.8) is 0 Å². The van der Waals surface area contributed by atoms with E-state index in [1.54, 1.807) is 7.05 Å². The molecule has 0 aliphatic rings. The van der Waals surface area contributed by atoms with Crippen molar-refractivity contribution in [1.82, 2.24) is 16.0 Å². The lowest BCUT2D eigenvalue weighted by atomic mass is 9.87. The Bertz CT molecular complexity index is 2570. The van der Waals surface area contributed by atoms with Crippen LogP contribution in [0, 0.1) is 0 Å². The molecule has 8 aromatic carbocycles. The molecule has 1 aromatic heterocycles. The van der Waals surface area contributed by atoms with E-state index < -0.39 is 0 Å². The minimum absolute atomic E-state index is 0. The molecule has 0 aliphatic carbocycles. The number of benzene rings is 7. The standard InChI is InChI=1S/C37H28N2O2.CH4.H3N/c1-4-10-18-15-24-20-11-6-8-13-22(20)27-32-29(24)31-26(18)19(17-38-5-2)16-25-21-12-7-9-14-23(21)28(33(32)30(25)31)35-34(27)36(40)39(3)37(35)41;;/h6-9,11-16,38H,4-5,10,17H2,1-3H3;1H4;1H3. The van der Waals surface area contributed by atoms with Crippen molar-refractivity contribution in [3.05, 3.63) is 92.5 Å². The Hall–Kier alpha value is -4.58. The number of fused-ring (bicyclic) bond motifs is 9. The van der Waals surface area contributed by atoms with Crippen molar-refractivity contribution in [2.75, 3.05) is 6.54 Å². The maximum Gasteiger partial charge on any atom is 0.261 e. The third-order valence-corrected chi connectivity index (χ3v) is 9.66. The number of aryl methyl sites for hydroxylation is 1. The van der Waals surface area contributed by atoms with E-state index in [1.807, 2.05) is 6.07 Å². The smallest absolute Gasteiger partial charge is 0.261 e. The zero-order valence-corrected chi connectivity index (χ0v) is 24.1. The van der Waals surface area contributed by atoms with Gasteiger partial charge < -0.3 is 11.5 Å². The highest BCUT2D eigenvalue weighted by molar-refractivity contribution is 6.55. The topological polar surface area (TPSA) is 86.1 Å². The lowest BCUT2D eigenvalue weighted by Gasteiger charge is -2.17. The lowest BCUT2D eigenvalue weighted by molar-refractivity contribution is 0.730. The number of rotatable bonds is 5. The normalized spacial score (nSPS) is 12.3. The Kier molecular flexibility index (Phi) is 5.84. The van der Waals surface area contributed by atoms with Crippen molar-refractivity contribution in [1.29, 1.82) is 0 Å². The van der Waals surface area contributed by atoms with Crippen LogP contribution in [0.3, 0.4) is 0 Å². The van der Waals surface area contributed by atoms with Crippen molar-refractivity contribution < 1.29 is 0 Å². The molecule has 0 bridgehead atoms. The molecule has 0 amide bonds. The van der Waals surface area contributed by atoms with Crippen LogP contribution in [0.4, 0.5) is 0 Å². The van der Waals surface area contributed by atoms with Crippen LogP contribution in [0.5, 0.6) is 0 Å². The number of hydrogen-bond donors (Lipinski definition) is 2. The van der Waals surface area contributed by atoms with Crippen LogP contribution >= 0.6 is 0 Å². The van der Waals surface area contributed by atoms with Gasteiger partial charge in [-0.1, -0.05) is 76.2 Å². The van der Waals surface area contributed by atoms with E-state index >= 15 is 0 Å². The number of nitrogens with zero attached hydrogens (tertiary/aromatic N) is 1. The van der Waals surface area contributed by atoms with E-state index in [4.69, 9.17) is 0 Å². The monoisotopic (exact) mass is 565 g/mol. The van der Waals surface area contributed by atoms with E-state index in [1.165, 1.54) is 48.0 Å². The first-order valence-electron chi connectivity index (χ1n) is 14.7. The molecule has 5 nitrogen and oxygen atoms in total. The minimum Gasteiger partial charge on any atom is -0.344 e. The molecule has 0 atom stereocenters. The average Bonchev–Trinajstić information content (AvgIpc) is 3.46. The molecule has 214 valence electrons. The van der Waals surface area contributed by atoms with Gasteiger partial charge in [-0.25, -0.2) is 0 Å². The fourth-order valence-corrected chi connectivity index (χ4v) is 8.13. The van der Waals surface area contributed by atoms with Crippen LogP contribution in [-0.4, -0.2) is 11.1 Å². The molecule has 43 heavy (non-hydrogen) atoms. The van der Waals surface area contributed by atoms with Crippen LogP contribution in [0.25, 0.3) is 86.2 Å². The summed E-state index contributed by atoms with van der Waals surface area (Å²) >= 11 is 0. The highest BCUT2D eigenvalue weighted by Gasteiger charge is 2.31. The second-order valence-electron chi connectivity index (χ2n) is 11.7. The van der Waals surface area contributed by atoms with E-state index in [9.17, 15) is 9.59 Å². The van der Waals surface area contributed by atoms with Crippen molar-refractivity contribution in [2.24, 2.45) is 7.05 Å². The summed E-state index contributed by atoms with van der Waals surface area (Å²) in [5.41, 5.74) is 2.28. The van der Waals surface area contributed by atoms with Gasteiger partial charge in [0.1, 0.15) is 0 Å². The molecule has 1 heterocycles. The highest BCUT2D eigenvalue weighted by Crippen LogP contribution is 2.55. The Morgan fingerprint density at radius 3 is 1.51 bits per heavy atom. The van der Waals surface area contributed by atoms with Crippen LogP contribution in [-0.2, 0) is 20.0 Å². The molecular weight excluding hydrogens is 530 g/mol. The quantitative estimate of drug-likeness (QED) is 0.205. The molecule has 4 N–H and O–H groups in total. The largest absolute Gasteiger partial charge is 0.344 e. The molecule has 0 fully saturated rings. The van der Waals surface area contributed by atoms with Gasteiger partial charge in [-0.05, 0) is 90.1 Å². The first-order chi connectivity index (χ1) is 20.1. The fraction of sp³-hybridized carbons (Fsp3) is 0.211. The maximum absolute atomic E-state index is 13.9. The Morgan fingerprint density at radius 1 is 0.581 bits per heavy atom. The van der Waals surface area contributed by atoms with E-state index in [0.29, 0.717) is 10.8 Å². The van der Waals surface area contributed by atoms with Crippen LogP contribution < -0.4 is 22.6 Å². The van der Waals surface area contributed by atoms with Crippen LogP contribution in [0.15, 0.2) is 70.3 Å². The summed E-state index contributed by atoms with van der Waals surface area (Å²) in [4.78, 5) is 27.9. The van der Waals surface area contributed by atoms with Gasteiger partial charge in [0.15, 0.2) is 0 Å². The molecule has 9 rings (SSSR count). The van der Waals surface area contributed by atoms with Gasteiger partial charge in [0.05, 0.1) is 10.8 Å². The summed E-state index contributed by atoms with van der Waals surface area (Å²) in [6.45, 7) is 6.10. The van der Waals surface area contributed by atoms with Crippen LogP contribution in [0.2, 0.25) is 0 Å². The predicted molar refractivity (Wildman–Crippen MR) is 186 cm³/mol. The van der Waals surface area contributed by atoms with Gasteiger partial charge >= 0.3 is 0 Å². The first kappa shape index (κ1) is 27.3. The molecule has 0 saturated carbocycles. The third kappa shape index (κ3) is 3.03. The summed E-state index contributed by atoms with van der Waals surface area (Å²) in [5.74, 6) is 0. The third-order valence-electron chi connectivity index (χ3n) is 9.66. The maximum atomic E-state index is 13.9.